The number of rotatable bonds is 2. The molecule has 0 aliphatic heterocycles. The van der Waals surface area contributed by atoms with E-state index in [9.17, 15) is 5.11 Å². The number of fused-ring (bicyclic) bond motifs is 5. The van der Waals surface area contributed by atoms with Gasteiger partial charge in [-0.15, -0.1) is 0 Å². The molecule has 1 N–H and O–H groups in total. The van der Waals surface area contributed by atoms with E-state index in [1.165, 1.54) is 57.8 Å². The molecule has 2 heteroatoms. The molecule has 4 rings (SSSR count). The van der Waals surface area contributed by atoms with Crippen LogP contribution in [0.1, 0.15) is 64.7 Å². The van der Waals surface area contributed by atoms with Crippen LogP contribution in [0, 0.1) is 28.6 Å². The highest BCUT2D eigenvalue weighted by Crippen LogP contribution is 2.65. The van der Waals surface area contributed by atoms with E-state index >= 15 is 0 Å². The summed E-state index contributed by atoms with van der Waals surface area (Å²) in [5.74, 6) is 2.32. The van der Waals surface area contributed by atoms with Crippen LogP contribution in [0.15, 0.2) is 11.6 Å². The number of hydrogen-bond acceptors (Lipinski definition) is 2. The first-order valence-electron chi connectivity index (χ1n) is 9.49. The molecule has 3 fully saturated rings. The molecule has 6 unspecified atom stereocenters. The van der Waals surface area contributed by atoms with Gasteiger partial charge in [-0.3, -0.25) is 0 Å². The van der Waals surface area contributed by atoms with Crippen LogP contribution in [-0.4, -0.2) is 24.9 Å². The predicted molar refractivity (Wildman–Crippen MR) is 88.5 cm³/mol. The molecule has 0 amide bonds. The predicted octanol–water partition coefficient (Wildman–Crippen LogP) is 4.33. The van der Waals surface area contributed by atoms with E-state index in [1.54, 1.807) is 5.57 Å². The van der Waals surface area contributed by atoms with Crippen molar-refractivity contribution in [2.24, 2.45) is 28.6 Å². The van der Waals surface area contributed by atoms with Gasteiger partial charge in [0, 0.05) is 12.5 Å². The fraction of sp³-hybridized carbons (Fsp3) is 0.900. The average Bonchev–Trinajstić information content (AvgIpc) is 2.90. The molecule has 3 saturated carbocycles. The molecule has 2 nitrogen and oxygen atoms in total. The zero-order chi connectivity index (χ0) is 15.4. The van der Waals surface area contributed by atoms with E-state index in [2.05, 4.69) is 13.0 Å². The van der Waals surface area contributed by atoms with E-state index in [0.717, 1.165) is 17.8 Å². The third-order valence-corrected chi connectivity index (χ3v) is 8.22. The normalized spacial score (nSPS) is 50.8. The lowest BCUT2D eigenvalue weighted by Crippen LogP contribution is -2.52. The van der Waals surface area contributed by atoms with Gasteiger partial charge >= 0.3 is 0 Å². The Labute approximate surface area is 135 Å². The van der Waals surface area contributed by atoms with Gasteiger partial charge in [-0.05, 0) is 74.5 Å². The first-order chi connectivity index (χ1) is 10.7. The van der Waals surface area contributed by atoms with Crippen molar-refractivity contribution in [3.63, 3.8) is 0 Å². The summed E-state index contributed by atoms with van der Waals surface area (Å²) in [6, 6.07) is 0. The van der Waals surface area contributed by atoms with Gasteiger partial charge in [0.15, 0.2) is 0 Å². The van der Waals surface area contributed by atoms with Crippen LogP contribution in [-0.2, 0) is 4.74 Å². The molecule has 4 aliphatic rings. The Hall–Kier alpha value is -0.340. The second kappa shape index (κ2) is 5.34. The molecule has 6 atom stereocenters. The SMILES string of the molecule is COC1CCC2C3CC=C4CCCCC4(CO)C3CCC12C. The fourth-order valence-corrected chi connectivity index (χ4v) is 7.11. The van der Waals surface area contributed by atoms with Crippen LogP contribution in [0.2, 0.25) is 0 Å². The molecule has 0 aromatic carbocycles. The third-order valence-electron chi connectivity index (χ3n) is 8.22. The van der Waals surface area contributed by atoms with Gasteiger partial charge in [0.2, 0.25) is 0 Å². The van der Waals surface area contributed by atoms with Gasteiger partial charge in [-0.2, -0.15) is 0 Å². The first kappa shape index (κ1) is 15.2. The molecule has 0 aromatic rings. The lowest BCUT2D eigenvalue weighted by molar-refractivity contribution is -0.0915. The molecular weight excluding hydrogens is 272 g/mol. The van der Waals surface area contributed by atoms with Crippen molar-refractivity contribution in [1.29, 1.82) is 0 Å². The quantitative estimate of drug-likeness (QED) is 0.770. The maximum Gasteiger partial charge on any atom is 0.0627 e. The van der Waals surface area contributed by atoms with E-state index in [1.807, 2.05) is 7.11 Å². The highest BCUT2D eigenvalue weighted by atomic mass is 16.5. The van der Waals surface area contributed by atoms with Gasteiger partial charge in [-0.25, -0.2) is 0 Å². The van der Waals surface area contributed by atoms with Crippen molar-refractivity contribution in [2.45, 2.75) is 70.8 Å². The smallest absolute Gasteiger partial charge is 0.0627 e. The molecule has 124 valence electrons. The maximum atomic E-state index is 10.4. The lowest BCUT2D eigenvalue weighted by Gasteiger charge is -2.58. The molecule has 0 spiro atoms. The van der Waals surface area contributed by atoms with E-state index in [4.69, 9.17) is 4.74 Å². The minimum atomic E-state index is 0.146. The number of methoxy groups -OCH3 is 1. The fourth-order valence-electron chi connectivity index (χ4n) is 7.11. The minimum absolute atomic E-state index is 0.146. The summed E-state index contributed by atoms with van der Waals surface area (Å²) in [4.78, 5) is 0. The van der Waals surface area contributed by atoms with Gasteiger partial charge in [0.25, 0.3) is 0 Å². The van der Waals surface area contributed by atoms with Crippen molar-refractivity contribution in [3.8, 4) is 0 Å². The topological polar surface area (TPSA) is 29.5 Å². The molecular formula is C20H32O2. The molecule has 22 heavy (non-hydrogen) atoms. The Balaban J connectivity index is 1.69. The Morgan fingerprint density at radius 1 is 1.18 bits per heavy atom. The van der Waals surface area contributed by atoms with Crippen LogP contribution in [0.3, 0.4) is 0 Å². The Kier molecular flexibility index (Phi) is 3.69. The second-order valence-corrected chi connectivity index (χ2v) is 8.71. The monoisotopic (exact) mass is 304 g/mol. The lowest BCUT2D eigenvalue weighted by atomic mass is 9.47. The van der Waals surface area contributed by atoms with Crippen molar-refractivity contribution in [1.82, 2.24) is 0 Å². The standard InChI is InChI=1S/C20H32O2/c1-19-12-10-17-15(16(19)8-9-18(19)22-2)7-6-14-5-3-4-11-20(14,17)13-21/h6,15-18,21H,3-5,7-13H2,1-2H3. The summed E-state index contributed by atoms with van der Waals surface area (Å²) in [7, 11) is 1.90. The van der Waals surface area contributed by atoms with Crippen LogP contribution >= 0.6 is 0 Å². The van der Waals surface area contributed by atoms with Gasteiger partial charge in [0.05, 0.1) is 12.7 Å². The number of allylic oxidation sites excluding steroid dienone is 1. The summed E-state index contributed by atoms with van der Waals surface area (Å²) in [6.45, 7) is 2.87. The summed E-state index contributed by atoms with van der Waals surface area (Å²) in [5.41, 5.74) is 2.15. The molecule has 0 heterocycles. The summed E-state index contributed by atoms with van der Waals surface area (Å²) < 4.78 is 5.86. The summed E-state index contributed by atoms with van der Waals surface area (Å²) in [6.07, 6.45) is 14.6. The van der Waals surface area contributed by atoms with E-state index in [-0.39, 0.29) is 5.41 Å². The summed E-state index contributed by atoms with van der Waals surface area (Å²) in [5, 5.41) is 10.4. The third kappa shape index (κ3) is 1.86. The zero-order valence-corrected chi connectivity index (χ0v) is 14.3. The Bertz CT molecular complexity index is 470. The molecule has 0 radical (unpaired) electrons. The Morgan fingerprint density at radius 3 is 2.82 bits per heavy atom. The van der Waals surface area contributed by atoms with Gasteiger partial charge in [-0.1, -0.05) is 25.0 Å². The summed E-state index contributed by atoms with van der Waals surface area (Å²) >= 11 is 0. The maximum absolute atomic E-state index is 10.4. The van der Waals surface area contributed by atoms with Crippen LogP contribution in [0.4, 0.5) is 0 Å². The second-order valence-electron chi connectivity index (χ2n) is 8.71. The van der Waals surface area contributed by atoms with Crippen molar-refractivity contribution in [3.05, 3.63) is 11.6 Å². The average molecular weight is 304 g/mol. The number of aliphatic hydroxyl groups excluding tert-OH is 1. The first-order valence-corrected chi connectivity index (χ1v) is 9.49. The number of ether oxygens (including phenoxy) is 1. The number of aliphatic hydroxyl groups is 1. The molecule has 4 aliphatic carbocycles. The van der Waals surface area contributed by atoms with Crippen LogP contribution in [0.5, 0.6) is 0 Å². The molecule has 0 bridgehead atoms. The Morgan fingerprint density at radius 2 is 2.05 bits per heavy atom. The molecule has 0 aromatic heterocycles. The van der Waals surface area contributed by atoms with Crippen molar-refractivity contribution < 1.29 is 9.84 Å². The van der Waals surface area contributed by atoms with Gasteiger partial charge < -0.3 is 9.84 Å². The van der Waals surface area contributed by atoms with Crippen LogP contribution < -0.4 is 0 Å². The zero-order valence-electron chi connectivity index (χ0n) is 14.3. The highest BCUT2D eigenvalue weighted by molar-refractivity contribution is 5.25. The highest BCUT2D eigenvalue weighted by Gasteiger charge is 2.59. The van der Waals surface area contributed by atoms with Crippen molar-refractivity contribution >= 4 is 0 Å². The largest absolute Gasteiger partial charge is 0.395 e. The van der Waals surface area contributed by atoms with Gasteiger partial charge in [0.1, 0.15) is 0 Å². The number of hydrogen-bond donors (Lipinski definition) is 1. The molecule has 0 saturated heterocycles. The minimum Gasteiger partial charge on any atom is -0.395 e. The van der Waals surface area contributed by atoms with Crippen LogP contribution in [0.25, 0.3) is 0 Å². The van der Waals surface area contributed by atoms with E-state index in [0.29, 0.717) is 18.1 Å². The van der Waals surface area contributed by atoms with E-state index < -0.39 is 0 Å². The van der Waals surface area contributed by atoms with Crippen molar-refractivity contribution in [2.75, 3.05) is 13.7 Å².